The first-order valence-corrected chi connectivity index (χ1v) is 7.41. The second-order valence-corrected chi connectivity index (χ2v) is 5.39. The van der Waals surface area contributed by atoms with Crippen LogP contribution in [0.25, 0.3) is 0 Å². The Hall–Kier alpha value is -3.49. The molecular weight excluding hydrogens is 328 g/mol. The van der Waals surface area contributed by atoms with Gasteiger partial charge in [0.25, 0.3) is 11.8 Å². The molecule has 9 nitrogen and oxygen atoms in total. The van der Waals surface area contributed by atoms with Gasteiger partial charge in [-0.2, -0.15) is 0 Å². The van der Waals surface area contributed by atoms with Gasteiger partial charge in [-0.3, -0.25) is 24.1 Å². The molecule has 0 saturated carbocycles. The molecule has 0 saturated heterocycles. The zero-order chi connectivity index (χ0) is 18.0. The number of hydrogen-bond acceptors (Lipinski definition) is 6. The SMILES string of the molecule is Cc1cc(NC(=O)CNC(=O)CN2C(=O)c3ccccc3C2=O)no1. The maximum Gasteiger partial charge on any atom is 0.262 e. The van der Waals surface area contributed by atoms with E-state index in [1.54, 1.807) is 19.1 Å². The van der Waals surface area contributed by atoms with Crippen LogP contribution in [0.2, 0.25) is 0 Å². The Morgan fingerprint density at radius 3 is 2.32 bits per heavy atom. The van der Waals surface area contributed by atoms with Crippen LogP contribution in [0.1, 0.15) is 26.5 Å². The number of nitrogens with zero attached hydrogens (tertiary/aromatic N) is 2. The molecule has 0 spiro atoms. The molecule has 4 amide bonds. The van der Waals surface area contributed by atoms with Crippen molar-refractivity contribution in [1.29, 1.82) is 0 Å². The van der Waals surface area contributed by atoms with Crippen molar-refractivity contribution in [2.24, 2.45) is 0 Å². The first-order valence-electron chi connectivity index (χ1n) is 7.41. The fourth-order valence-corrected chi connectivity index (χ4v) is 2.37. The van der Waals surface area contributed by atoms with Crippen molar-refractivity contribution in [3.8, 4) is 0 Å². The van der Waals surface area contributed by atoms with E-state index in [9.17, 15) is 19.2 Å². The first kappa shape index (κ1) is 16.4. The summed E-state index contributed by atoms with van der Waals surface area (Å²) in [7, 11) is 0. The van der Waals surface area contributed by atoms with E-state index in [0.29, 0.717) is 5.76 Å². The molecule has 9 heteroatoms. The molecule has 2 N–H and O–H groups in total. The Labute approximate surface area is 142 Å². The number of rotatable bonds is 5. The second kappa shape index (κ2) is 6.56. The molecule has 1 aromatic heterocycles. The fourth-order valence-electron chi connectivity index (χ4n) is 2.37. The van der Waals surface area contributed by atoms with Gasteiger partial charge in [0.1, 0.15) is 12.3 Å². The molecule has 0 aliphatic carbocycles. The summed E-state index contributed by atoms with van der Waals surface area (Å²) in [6, 6.07) is 7.87. The highest BCUT2D eigenvalue weighted by Crippen LogP contribution is 2.21. The largest absolute Gasteiger partial charge is 0.360 e. The second-order valence-electron chi connectivity index (χ2n) is 5.39. The summed E-state index contributed by atoms with van der Waals surface area (Å²) in [5.41, 5.74) is 0.527. The predicted octanol–water partition coefficient (Wildman–Crippen LogP) is 0.334. The minimum absolute atomic E-state index is 0.233. The number of nitrogens with one attached hydrogen (secondary N) is 2. The van der Waals surface area contributed by atoms with Crippen LogP contribution < -0.4 is 10.6 Å². The average Bonchev–Trinajstić information content (AvgIpc) is 3.10. The van der Waals surface area contributed by atoms with E-state index >= 15 is 0 Å². The van der Waals surface area contributed by atoms with Gasteiger partial charge in [-0.25, -0.2) is 0 Å². The summed E-state index contributed by atoms with van der Waals surface area (Å²) in [4.78, 5) is 48.8. The highest BCUT2D eigenvalue weighted by atomic mass is 16.5. The van der Waals surface area contributed by atoms with Gasteiger partial charge in [-0.05, 0) is 19.1 Å². The van der Waals surface area contributed by atoms with Crippen LogP contribution in [0.15, 0.2) is 34.9 Å². The molecule has 1 aliphatic rings. The first-order chi connectivity index (χ1) is 12.0. The van der Waals surface area contributed by atoms with Gasteiger partial charge < -0.3 is 15.2 Å². The zero-order valence-corrected chi connectivity index (χ0v) is 13.2. The molecule has 128 valence electrons. The Kier molecular flexibility index (Phi) is 4.29. The van der Waals surface area contributed by atoms with Crippen molar-refractivity contribution < 1.29 is 23.7 Å². The van der Waals surface area contributed by atoms with Crippen molar-refractivity contribution in [3.05, 3.63) is 47.2 Å². The van der Waals surface area contributed by atoms with E-state index in [1.807, 2.05) is 0 Å². The van der Waals surface area contributed by atoms with E-state index < -0.39 is 30.2 Å². The number of carbonyl (C=O) groups is 4. The Morgan fingerprint density at radius 2 is 1.76 bits per heavy atom. The minimum atomic E-state index is -0.624. The molecule has 0 atom stereocenters. The summed E-state index contributed by atoms with van der Waals surface area (Å²) in [6.07, 6.45) is 0. The quantitative estimate of drug-likeness (QED) is 0.755. The standard InChI is InChI=1S/C16H14N4O5/c1-9-6-12(19-25-9)18-13(21)7-17-14(22)8-20-15(23)10-4-2-3-5-11(10)16(20)24/h2-6H,7-8H2,1H3,(H,17,22)(H,18,19,21). The van der Waals surface area contributed by atoms with Crippen molar-refractivity contribution in [3.63, 3.8) is 0 Å². The van der Waals surface area contributed by atoms with Crippen molar-refractivity contribution in [1.82, 2.24) is 15.4 Å². The summed E-state index contributed by atoms with van der Waals surface area (Å²) in [5, 5.41) is 8.38. The van der Waals surface area contributed by atoms with Crippen LogP contribution in [0.4, 0.5) is 5.82 Å². The number of aryl methyl sites for hydroxylation is 1. The van der Waals surface area contributed by atoms with Crippen LogP contribution in [-0.4, -0.2) is 46.8 Å². The molecule has 0 unspecified atom stereocenters. The van der Waals surface area contributed by atoms with Gasteiger partial charge in [0.15, 0.2) is 5.82 Å². The van der Waals surface area contributed by atoms with Crippen molar-refractivity contribution >= 4 is 29.4 Å². The molecule has 1 aliphatic heterocycles. The minimum Gasteiger partial charge on any atom is -0.360 e. The van der Waals surface area contributed by atoms with Crippen molar-refractivity contribution in [2.75, 3.05) is 18.4 Å². The van der Waals surface area contributed by atoms with Gasteiger partial charge >= 0.3 is 0 Å². The van der Waals surface area contributed by atoms with Crippen LogP contribution in [-0.2, 0) is 9.59 Å². The Morgan fingerprint density at radius 1 is 1.12 bits per heavy atom. The molecule has 25 heavy (non-hydrogen) atoms. The lowest BCUT2D eigenvalue weighted by Crippen LogP contribution is -2.42. The molecule has 0 fully saturated rings. The van der Waals surface area contributed by atoms with E-state index in [2.05, 4.69) is 15.8 Å². The van der Waals surface area contributed by atoms with Gasteiger partial charge in [-0.1, -0.05) is 17.3 Å². The third kappa shape index (κ3) is 3.39. The van der Waals surface area contributed by atoms with Crippen LogP contribution in [0.3, 0.4) is 0 Å². The summed E-state index contributed by atoms with van der Waals surface area (Å²) in [6.45, 7) is 0.892. The monoisotopic (exact) mass is 342 g/mol. The smallest absolute Gasteiger partial charge is 0.262 e. The lowest BCUT2D eigenvalue weighted by atomic mass is 10.1. The summed E-state index contributed by atoms with van der Waals surface area (Å²) < 4.78 is 4.80. The fraction of sp³-hybridized carbons (Fsp3) is 0.188. The van der Waals surface area contributed by atoms with E-state index in [1.165, 1.54) is 18.2 Å². The lowest BCUT2D eigenvalue weighted by molar-refractivity contribution is -0.124. The molecule has 1 aromatic carbocycles. The molecule has 2 aromatic rings. The zero-order valence-electron chi connectivity index (χ0n) is 13.2. The normalized spacial score (nSPS) is 12.9. The van der Waals surface area contributed by atoms with E-state index in [-0.39, 0.29) is 23.5 Å². The number of amides is 4. The van der Waals surface area contributed by atoms with Gasteiger partial charge in [-0.15, -0.1) is 0 Å². The number of fused-ring (bicyclic) bond motifs is 1. The molecule has 0 bridgehead atoms. The van der Waals surface area contributed by atoms with Gasteiger partial charge in [0, 0.05) is 6.07 Å². The van der Waals surface area contributed by atoms with E-state index in [0.717, 1.165) is 4.90 Å². The van der Waals surface area contributed by atoms with Crippen LogP contribution >= 0.6 is 0 Å². The molecular formula is C16H14N4O5. The topological polar surface area (TPSA) is 122 Å². The van der Waals surface area contributed by atoms with Crippen LogP contribution in [0.5, 0.6) is 0 Å². The summed E-state index contributed by atoms with van der Waals surface area (Å²) >= 11 is 0. The highest BCUT2D eigenvalue weighted by Gasteiger charge is 2.36. The number of anilines is 1. The molecule has 3 rings (SSSR count). The maximum atomic E-state index is 12.2. The Bertz CT molecular complexity index is 838. The lowest BCUT2D eigenvalue weighted by Gasteiger charge is -2.13. The number of carbonyl (C=O) groups excluding carboxylic acids is 4. The van der Waals surface area contributed by atoms with Crippen LogP contribution in [0, 0.1) is 6.92 Å². The van der Waals surface area contributed by atoms with Gasteiger partial charge in [0.05, 0.1) is 17.7 Å². The summed E-state index contributed by atoms with van der Waals surface area (Å²) in [5.74, 6) is -1.43. The number of imide groups is 1. The molecule has 0 radical (unpaired) electrons. The van der Waals surface area contributed by atoms with Gasteiger partial charge in [0.2, 0.25) is 11.8 Å². The number of aromatic nitrogens is 1. The van der Waals surface area contributed by atoms with E-state index in [4.69, 9.17) is 4.52 Å². The third-order valence-electron chi connectivity index (χ3n) is 3.52. The Balaban J connectivity index is 1.52. The number of benzene rings is 1. The molecule has 2 heterocycles. The number of hydrogen-bond donors (Lipinski definition) is 2. The average molecular weight is 342 g/mol. The highest BCUT2D eigenvalue weighted by molar-refractivity contribution is 6.22. The maximum absolute atomic E-state index is 12.2. The predicted molar refractivity (Wildman–Crippen MR) is 84.7 cm³/mol. The van der Waals surface area contributed by atoms with Crippen molar-refractivity contribution in [2.45, 2.75) is 6.92 Å². The third-order valence-corrected chi connectivity index (χ3v) is 3.52.